The summed E-state index contributed by atoms with van der Waals surface area (Å²) in [4.78, 5) is 71.9. The summed E-state index contributed by atoms with van der Waals surface area (Å²) in [5, 5.41) is 4.92. The van der Waals surface area contributed by atoms with Gasteiger partial charge in [-0.05, 0) is 63.1 Å². The van der Waals surface area contributed by atoms with Crippen LogP contribution in [0.4, 0.5) is 9.59 Å². The number of hydrogen-bond donors (Lipinski definition) is 2. The number of rotatable bonds is 24. The van der Waals surface area contributed by atoms with E-state index in [1.54, 1.807) is 24.3 Å². The molecular weight excluding hydrogens is 768 g/mol. The molecule has 0 saturated heterocycles. The summed E-state index contributed by atoms with van der Waals surface area (Å²) in [5.74, 6) is -1.56. The number of nitrogens with one attached hydrogen (secondary N) is 2. The Balaban J connectivity index is 2.02. The van der Waals surface area contributed by atoms with Crippen LogP contribution in [0.2, 0.25) is 0 Å². The second-order valence-electron chi connectivity index (χ2n) is 13.8. The summed E-state index contributed by atoms with van der Waals surface area (Å²) in [7, 11) is 0. The third-order valence-electron chi connectivity index (χ3n) is 7.97. The van der Waals surface area contributed by atoms with Crippen molar-refractivity contribution < 1.29 is 66.7 Å². The molecule has 0 radical (unpaired) electrons. The van der Waals surface area contributed by atoms with E-state index in [9.17, 15) is 28.8 Å². The molecule has 2 rings (SSSR count). The molecule has 16 nitrogen and oxygen atoms in total. The lowest BCUT2D eigenvalue weighted by Crippen LogP contribution is -2.37. The normalized spacial score (nSPS) is 11.6. The summed E-state index contributed by atoms with van der Waals surface area (Å²) >= 11 is 0. The quantitative estimate of drug-likeness (QED) is 0.0587. The predicted octanol–water partition coefficient (Wildman–Crippen LogP) is 5.44. The summed E-state index contributed by atoms with van der Waals surface area (Å²) in [5.41, 5.74) is 2.21. The van der Waals surface area contributed by atoms with Crippen LogP contribution < -0.4 is 20.1 Å². The molecule has 0 saturated carbocycles. The molecule has 2 aromatic rings. The van der Waals surface area contributed by atoms with Crippen LogP contribution in [0.15, 0.2) is 97.1 Å². The Hall–Kier alpha value is -6.58. The van der Waals surface area contributed by atoms with Crippen molar-refractivity contribution in [3.05, 3.63) is 108 Å². The molecular formula is C43H54N2O14. The van der Waals surface area contributed by atoms with Crippen molar-refractivity contribution in [3.63, 3.8) is 0 Å². The minimum absolute atomic E-state index is 0.0195. The number of alkyl carbamates (subject to hydrolysis) is 2. The standard InChI is InChI=1S/C43H54N2O14/c1-27(2)37(46)52-21-19-44-41(50)58-35(25-56-39(48)29(5)6)23-54-33-15-11-31(12-16-33)43(9,10)32-13-17-34(18-14-32)55-24-36(26-57-40(49)30(7)8)59-42(51)45-20-22-53-38(47)28(3)4/h11-18,35-36H,1,3,5,7,19-26H2,2,4,6,8-10H3,(H,44,50)(H,45,51). The maximum Gasteiger partial charge on any atom is 0.407 e. The molecule has 0 bridgehead atoms. The average molecular weight is 823 g/mol. The molecule has 2 N–H and O–H groups in total. The molecule has 59 heavy (non-hydrogen) atoms. The lowest BCUT2D eigenvalue weighted by molar-refractivity contribution is -0.143. The molecule has 2 unspecified atom stereocenters. The Morgan fingerprint density at radius 2 is 0.814 bits per heavy atom. The maximum absolute atomic E-state index is 12.4. The van der Waals surface area contributed by atoms with Gasteiger partial charge in [-0.1, -0.05) is 64.4 Å². The first-order chi connectivity index (χ1) is 27.8. The first-order valence-electron chi connectivity index (χ1n) is 18.5. The monoisotopic (exact) mass is 822 g/mol. The molecule has 2 atom stereocenters. The summed E-state index contributed by atoms with van der Waals surface area (Å²) in [6.45, 7) is 23.0. The van der Waals surface area contributed by atoms with Crippen molar-refractivity contribution in [1.82, 2.24) is 10.6 Å². The van der Waals surface area contributed by atoms with E-state index in [-0.39, 0.29) is 75.0 Å². The van der Waals surface area contributed by atoms with Gasteiger partial charge < -0.3 is 48.5 Å². The lowest BCUT2D eigenvalue weighted by atomic mass is 9.78. The molecule has 16 heteroatoms. The van der Waals surface area contributed by atoms with E-state index in [1.165, 1.54) is 27.7 Å². The SMILES string of the molecule is C=C(C)C(=O)OCCNC(=O)OC(COC(=O)C(=C)C)COc1ccc(C(C)(C)c2ccc(OCC(COC(=O)C(=C)C)OC(=O)NCCOC(=O)C(=C)C)cc2)cc1. The molecule has 2 amide bonds. The highest BCUT2D eigenvalue weighted by molar-refractivity contribution is 5.88. The van der Waals surface area contributed by atoms with Gasteiger partial charge in [0.05, 0.1) is 13.1 Å². The zero-order valence-corrected chi connectivity index (χ0v) is 34.5. The zero-order valence-electron chi connectivity index (χ0n) is 34.5. The zero-order chi connectivity index (χ0) is 44.1. The fourth-order valence-electron chi connectivity index (χ4n) is 4.52. The second-order valence-corrected chi connectivity index (χ2v) is 13.8. The Labute approximate surface area is 344 Å². The largest absolute Gasteiger partial charge is 0.490 e. The van der Waals surface area contributed by atoms with Crippen molar-refractivity contribution in [3.8, 4) is 11.5 Å². The summed E-state index contributed by atoms with van der Waals surface area (Å²) < 4.78 is 42.8. The highest BCUT2D eigenvalue weighted by Gasteiger charge is 2.25. The minimum Gasteiger partial charge on any atom is -0.490 e. The molecule has 320 valence electrons. The van der Waals surface area contributed by atoms with E-state index < -0.39 is 53.7 Å². The minimum atomic E-state index is -0.983. The molecule has 0 fully saturated rings. The van der Waals surface area contributed by atoms with Crippen LogP contribution in [-0.4, -0.2) is 101 Å². The van der Waals surface area contributed by atoms with E-state index in [0.717, 1.165) is 11.1 Å². The van der Waals surface area contributed by atoms with Gasteiger partial charge in [0.15, 0.2) is 12.2 Å². The number of benzene rings is 2. The molecule has 0 aliphatic rings. The highest BCUT2D eigenvalue weighted by Crippen LogP contribution is 2.33. The van der Waals surface area contributed by atoms with Gasteiger partial charge in [0.1, 0.15) is 51.1 Å². The number of esters is 4. The summed E-state index contributed by atoms with van der Waals surface area (Å²) in [6, 6.07) is 14.6. The number of amides is 2. The molecule has 0 heterocycles. The van der Waals surface area contributed by atoms with Crippen LogP contribution in [0.1, 0.15) is 52.7 Å². The van der Waals surface area contributed by atoms with Gasteiger partial charge >= 0.3 is 36.1 Å². The Kier molecular flexibility index (Phi) is 20.0. The van der Waals surface area contributed by atoms with Crippen molar-refractivity contribution in [1.29, 1.82) is 0 Å². The van der Waals surface area contributed by atoms with Crippen LogP contribution >= 0.6 is 0 Å². The van der Waals surface area contributed by atoms with Crippen molar-refractivity contribution >= 4 is 36.1 Å². The number of hydrogen-bond acceptors (Lipinski definition) is 14. The Morgan fingerprint density at radius 3 is 1.12 bits per heavy atom. The van der Waals surface area contributed by atoms with Gasteiger partial charge in [0, 0.05) is 27.7 Å². The van der Waals surface area contributed by atoms with Crippen LogP contribution in [-0.2, 0) is 53.0 Å². The third-order valence-corrected chi connectivity index (χ3v) is 7.97. The van der Waals surface area contributed by atoms with Crippen LogP contribution in [0.5, 0.6) is 11.5 Å². The van der Waals surface area contributed by atoms with E-state index in [0.29, 0.717) is 11.5 Å². The van der Waals surface area contributed by atoms with E-state index in [4.69, 9.17) is 37.9 Å². The third kappa shape index (κ3) is 18.0. The fourth-order valence-corrected chi connectivity index (χ4v) is 4.52. The molecule has 0 aliphatic heterocycles. The van der Waals surface area contributed by atoms with Crippen LogP contribution in [0, 0.1) is 0 Å². The van der Waals surface area contributed by atoms with E-state index in [2.05, 4.69) is 36.9 Å². The first kappa shape index (κ1) is 48.6. The predicted molar refractivity (Wildman–Crippen MR) is 216 cm³/mol. The van der Waals surface area contributed by atoms with Gasteiger partial charge in [-0.2, -0.15) is 0 Å². The first-order valence-corrected chi connectivity index (χ1v) is 18.5. The molecule has 0 spiro atoms. The molecule has 0 aliphatic carbocycles. The summed E-state index contributed by atoms with van der Waals surface area (Å²) in [6.07, 6.45) is -3.63. The number of carbonyl (C=O) groups is 6. The topological polar surface area (TPSA) is 200 Å². The van der Waals surface area contributed by atoms with Crippen molar-refractivity contribution in [2.24, 2.45) is 0 Å². The van der Waals surface area contributed by atoms with Crippen molar-refractivity contribution in [2.45, 2.75) is 59.2 Å². The smallest absolute Gasteiger partial charge is 0.407 e. The molecule has 2 aromatic carbocycles. The van der Waals surface area contributed by atoms with E-state index >= 15 is 0 Å². The fraction of sp³-hybridized carbons (Fsp3) is 0.395. The van der Waals surface area contributed by atoms with Gasteiger partial charge in [-0.3, -0.25) is 0 Å². The van der Waals surface area contributed by atoms with E-state index in [1.807, 2.05) is 38.1 Å². The van der Waals surface area contributed by atoms with Crippen LogP contribution in [0.3, 0.4) is 0 Å². The lowest BCUT2D eigenvalue weighted by Gasteiger charge is -2.27. The van der Waals surface area contributed by atoms with Crippen molar-refractivity contribution in [2.75, 3.05) is 52.7 Å². The maximum atomic E-state index is 12.4. The number of carbonyl (C=O) groups excluding carboxylic acids is 6. The average Bonchev–Trinajstić information content (AvgIpc) is 3.19. The highest BCUT2D eigenvalue weighted by atomic mass is 16.6. The van der Waals surface area contributed by atoms with Gasteiger partial charge in [0.2, 0.25) is 0 Å². The number of ether oxygens (including phenoxy) is 8. The van der Waals surface area contributed by atoms with Gasteiger partial charge in [-0.25, -0.2) is 28.8 Å². The Morgan fingerprint density at radius 1 is 0.508 bits per heavy atom. The Bertz CT molecular complexity index is 1700. The van der Waals surface area contributed by atoms with Gasteiger partial charge in [0.25, 0.3) is 0 Å². The van der Waals surface area contributed by atoms with Crippen LogP contribution in [0.25, 0.3) is 0 Å². The second kappa shape index (κ2) is 24.2. The molecule has 0 aromatic heterocycles. The van der Waals surface area contributed by atoms with Gasteiger partial charge in [-0.15, -0.1) is 0 Å².